The van der Waals surface area contributed by atoms with E-state index in [9.17, 15) is 0 Å². The molecule has 17 heavy (non-hydrogen) atoms. The van der Waals surface area contributed by atoms with E-state index in [0.717, 1.165) is 28.9 Å². The standard InChI is InChI=1S/C12H12ClN3O/c1-6-2-8-3-7(4-10(13)11(8)17-6)9-5-15-16-12(9)14/h3-6H,2H2,1H3,(H3,14,15,16). The lowest BCUT2D eigenvalue weighted by atomic mass is 10.0. The Morgan fingerprint density at radius 1 is 1.53 bits per heavy atom. The van der Waals surface area contributed by atoms with Gasteiger partial charge in [-0.2, -0.15) is 5.10 Å². The Labute approximate surface area is 104 Å². The Kier molecular flexibility index (Phi) is 2.26. The molecule has 5 heteroatoms. The zero-order chi connectivity index (χ0) is 12.0. The summed E-state index contributed by atoms with van der Waals surface area (Å²) in [5, 5.41) is 7.26. The maximum absolute atomic E-state index is 6.21. The molecule has 1 aromatic heterocycles. The van der Waals surface area contributed by atoms with E-state index in [1.54, 1.807) is 6.20 Å². The quantitative estimate of drug-likeness (QED) is 0.817. The van der Waals surface area contributed by atoms with Crippen LogP contribution in [0.5, 0.6) is 5.75 Å². The van der Waals surface area contributed by atoms with E-state index in [1.807, 2.05) is 13.0 Å². The van der Waals surface area contributed by atoms with Crippen LogP contribution in [-0.4, -0.2) is 16.3 Å². The third-order valence-electron chi connectivity index (χ3n) is 2.93. The fourth-order valence-corrected chi connectivity index (χ4v) is 2.45. The van der Waals surface area contributed by atoms with Gasteiger partial charge in [-0.15, -0.1) is 0 Å². The molecule has 0 amide bonds. The highest BCUT2D eigenvalue weighted by Crippen LogP contribution is 2.40. The van der Waals surface area contributed by atoms with Crippen LogP contribution in [0.1, 0.15) is 12.5 Å². The lowest BCUT2D eigenvalue weighted by Crippen LogP contribution is -2.05. The van der Waals surface area contributed by atoms with Crippen molar-refractivity contribution in [2.75, 3.05) is 5.73 Å². The van der Waals surface area contributed by atoms with Crippen molar-refractivity contribution in [1.29, 1.82) is 0 Å². The summed E-state index contributed by atoms with van der Waals surface area (Å²) in [6.07, 6.45) is 2.76. The average Bonchev–Trinajstić information content (AvgIpc) is 2.83. The van der Waals surface area contributed by atoms with Gasteiger partial charge in [-0.25, -0.2) is 0 Å². The molecule has 0 radical (unpaired) electrons. The Morgan fingerprint density at radius 3 is 3.06 bits per heavy atom. The number of aromatic amines is 1. The molecule has 1 aliphatic rings. The van der Waals surface area contributed by atoms with Gasteiger partial charge in [-0.05, 0) is 30.2 Å². The highest BCUT2D eigenvalue weighted by atomic mass is 35.5. The number of nitrogens with two attached hydrogens (primary N) is 1. The summed E-state index contributed by atoms with van der Waals surface area (Å²) in [5.41, 5.74) is 8.77. The number of rotatable bonds is 1. The molecular weight excluding hydrogens is 238 g/mol. The maximum atomic E-state index is 6.21. The molecule has 2 heterocycles. The summed E-state index contributed by atoms with van der Waals surface area (Å²) in [7, 11) is 0. The number of benzene rings is 1. The van der Waals surface area contributed by atoms with E-state index in [1.165, 1.54) is 0 Å². The van der Waals surface area contributed by atoms with Gasteiger partial charge in [0.15, 0.2) is 0 Å². The number of aromatic nitrogens is 2. The molecular formula is C12H12ClN3O. The van der Waals surface area contributed by atoms with Crippen LogP contribution >= 0.6 is 11.6 Å². The van der Waals surface area contributed by atoms with Gasteiger partial charge in [-0.3, -0.25) is 5.10 Å². The molecule has 0 fully saturated rings. The summed E-state index contributed by atoms with van der Waals surface area (Å²) < 4.78 is 5.65. The zero-order valence-corrected chi connectivity index (χ0v) is 10.1. The molecule has 0 saturated heterocycles. The van der Waals surface area contributed by atoms with Crippen molar-refractivity contribution in [3.8, 4) is 16.9 Å². The predicted octanol–water partition coefficient (Wildman–Crippen LogP) is 2.64. The van der Waals surface area contributed by atoms with Crippen molar-refractivity contribution in [2.45, 2.75) is 19.4 Å². The second-order valence-corrected chi connectivity index (χ2v) is 4.68. The second-order valence-electron chi connectivity index (χ2n) is 4.28. The minimum absolute atomic E-state index is 0.180. The Bertz CT molecular complexity index is 579. The molecule has 1 aromatic carbocycles. The molecule has 1 aliphatic heterocycles. The van der Waals surface area contributed by atoms with Gasteiger partial charge in [0.05, 0.1) is 11.2 Å². The predicted molar refractivity (Wildman–Crippen MR) is 67.2 cm³/mol. The minimum atomic E-state index is 0.180. The maximum Gasteiger partial charge on any atom is 0.141 e. The molecule has 3 rings (SSSR count). The van der Waals surface area contributed by atoms with Gasteiger partial charge in [0.25, 0.3) is 0 Å². The third kappa shape index (κ3) is 1.65. The number of fused-ring (bicyclic) bond motifs is 1. The number of nitrogen functional groups attached to an aromatic ring is 1. The van der Waals surface area contributed by atoms with Crippen LogP contribution in [0.2, 0.25) is 5.02 Å². The van der Waals surface area contributed by atoms with E-state index in [2.05, 4.69) is 16.3 Å². The fourth-order valence-electron chi connectivity index (χ4n) is 2.17. The van der Waals surface area contributed by atoms with Crippen molar-refractivity contribution in [2.24, 2.45) is 0 Å². The van der Waals surface area contributed by atoms with Crippen LogP contribution in [0, 0.1) is 0 Å². The van der Waals surface area contributed by atoms with E-state index in [-0.39, 0.29) is 6.10 Å². The largest absolute Gasteiger partial charge is 0.489 e. The number of hydrogen-bond acceptors (Lipinski definition) is 3. The van der Waals surface area contributed by atoms with Crippen molar-refractivity contribution < 1.29 is 4.74 Å². The van der Waals surface area contributed by atoms with Crippen LogP contribution in [0.3, 0.4) is 0 Å². The third-order valence-corrected chi connectivity index (χ3v) is 3.21. The summed E-state index contributed by atoms with van der Waals surface area (Å²) in [4.78, 5) is 0. The first kappa shape index (κ1) is 10.5. The first-order chi connectivity index (χ1) is 8.15. The monoisotopic (exact) mass is 249 g/mol. The molecule has 4 nitrogen and oxygen atoms in total. The second kappa shape index (κ2) is 3.67. The van der Waals surface area contributed by atoms with Crippen LogP contribution in [0.25, 0.3) is 11.1 Å². The zero-order valence-electron chi connectivity index (χ0n) is 9.33. The smallest absolute Gasteiger partial charge is 0.141 e. The molecule has 3 N–H and O–H groups in total. The number of ether oxygens (including phenoxy) is 1. The first-order valence-corrected chi connectivity index (χ1v) is 5.81. The van der Waals surface area contributed by atoms with Gasteiger partial charge in [-0.1, -0.05) is 11.6 Å². The van der Waals surface area contributed by atoms with E-state index in [0.29, 0.717) is 10.8 Å². The van der Waals surface area contributed by atoms with Gasteiger partial charge in [0.2, 0.25) is 0 Å². The number of halogens is 1. The number of nitrogens with one attached hydrogen (secondary N) is 1. The number of nitrogens with zero attached hydrogens (tertiary/aromatic N) is 1. The molecule has 2 aromatic rings. The van der Waals surface area contributed by atoms with Crippen LogP contribution in [-0.2, 0) is 6.42 Å². The Balaban J connectivity index is 2.13. The Morgan fingerprint density at radius 2 is 2.35 bits per heavy atom. The minimum Gasteiger partial charge on any atom is -0.489 e. The lowest BCUT2D eigenvalue weighted by Gasteiger charge is -2.06. The molecule has 0 aliphatic carbocycles. The van der Waals surface area contributed by atoms with Gasteiger partial charge in [0, 0.05) is 12.0 Å². The van der Waals surface area contributed by atoms with Gasteiger partial charge < -0.3 is 10.5 Å². The van der Waals surface area contributed by atoms with Crippen molar-refractivity contribution in [1.82, 2.24) is 10.2 Å². The first-order valence-electron chi connectivity index (χ1n) is 5.43. The number of hydrogen-bond donors (Lipinski definition) is 2. The summed E-state index contributed by atoms with van der Waals surface area (Å²) in [5.74, 6) is 1.35. The number of H-pyrrole nitrogens is 1. The Hall–Kier alpha value is -1.68. The van der Waals surface area contributed by atoms with Crippen LogP contribution in [0.15, 0.2) is 18.3 Å². The lowest BCUT2D eigenvalue weighted by molar-refractivity contribution is 0.255. The highest BCUT2D eigenvalue weighted by Gasteiger charge is 2.23. The molecule has 1 unspecified atom stereocenters. The average molecular weight is 250 g/mol. The SMILES string of the molecule is CC1Cc2cc(-c3cn[nH]c3N)cc(Cl)c2O1. The van der Waals surface area contributed by atoms with Crippen molar-refractivity contribution in [3.05, 3.63) is 28.9 Å². The van der Waals surface area contributed by atoms with E-state index < -0.39 is 0 Å². The summed E-state index contributed by atoms with van der Waals surface area (Å²) in [6.45, 7) is 2.03. The number of anilines is 1. The normalized spacial score (nSPS) is 17.9. The summed E-state index contributed by atoms with van der Waals surface area (Å²) in [6, 6.07) is 3.92. The van der Waals surface area contributed by atoms with Crippen molar-refractivity contribution >= 4 is 17.4 Å². The topological polar surface area (TPSA) is 63.9 Å². The molecule has 1 atom stereocenters. The van der Waals surface area contributed by atoms with Crippen molar-refractivity contribution in [3.63, 3.8) is 0 Å². The van der Waals surface area contributed by atoms with Crippen LogP contribution < -0.4 is 10.5 Å². The molecule has 88 valence electrons. The van der Waals surface area contributed by atoms with Gasteiger partial charge in [0.1, 0.15) is 17.7 Å². The van der Waals surface area contributed by atoms with E-state index >= 15 is 0 Å². The van der Waals surface area contributed by atoms with E-state index in [4.69, 9.17) is 22.1 Å². The fraction of sp³-hybridized carbons (Fsp3) is 0.250. The van der Waals surface area contributed by atoms with Gasteiger partial charge >= 0.3 is 0 Å². The molecule has 0 saturated carbocycles. The summed E-state index contributed by atoms with van der Waals surface area (Å²) >= 11 is 6.21. The molecule has 0 spiro atoms. The molecule has 0 bridgehead atoms. The highest BCUT2D eigenvalue weighted by molar-refractivity contribution is 6.32. The van der Waals surface area contributed by atoms with Crippen LogP contribution in [0.4, 0.5) is 5.82 Å².